The first-order valence-electron chi connectivity index (χ1n) is 17.5. The van der Waals surface area contributed by atoms with Crippen molar-refractivity contribution in [3.8, 4) is 45.3 Å². The lowest BCUT2D eigenvalue weighted by Crippen LogP contribution is -2.00. The summed E-state index contributed by atoms with van der Waals surface area (Å²) in [5, 5.41) is 3.87. The summed E-state index contributed by atoms with van der Waals surface area (Å²) in [6, 6.07) is 18.6. The van der Waals surface area contributed by atoms with E-state index in [1.54, 1.807) is 24.3 Å². The summed E-state index contributed by atoms with van der Waals surface area (Å²) in [5.74, 6) is 0.235. The van der Waals surface area contributed by atoms with E-state index < -0.39 is 65.5 Å². The van der Waals surface area contributed by atoms with Gasteiger partial charge in [-0.2, -0.15) is 0 Å². The van der Waals surface area contributed by atoms with Crippen LogP contribution in [0.15, 0.2) is 138 Å². The minimum absolute atomic E-state index is 0.152. The first-order chi connectivity index (χ1) is 24.4. The third kappa shape index (κ3) is 4.30. The van der Waals surface area contributed by atoms with E-state index in [1.807, 2.05) is 54.6 Å². The van der Waals surface area contributed by atoms with Crippen LogP contribution in [0.2, 0.25) is 5.02 Å². The van der Waals surface area contributed by atoms with Crippen LogP contribution < -0.4 is 0 Å². The molecule has 0 saturated heterocycles. The summed E-state index contributed by atoms with van der Waals surface area (Å²) in [5.41, 5.74) is 1.16. The number of nitrogens with zero attached hydrogens (tertiary/aromatic N) is 3. The molecule has 0 aliphatic carbocycles. The van der Waals surface area contributed by atoms with E-state index in [9.17, 15) is 0 Å². The lowest BCUT2D eigenvalue weighted by Gasteiger charge is -2.10. The normalized spacial score (nSPS) is 14.5. The van der Waals surface area contributed by atoms with Crippen molar-refractivity contribution in [1.82, 2.24) is 15.0 Å². The molecule has 0 N–H and O–H groups in total. The SMILES string of the molecule is [2H]c1c([2H])c([2H])c(-c2c([2H])c([2H])c(-c3nc(-c4ccc5ccccc5c4)nc(-c4cccc5oc6cc(Cl)ccc6c45)n3)c([2H])c2[2H])c([2H])c1[2H]. The number of fused-ring (bicyclic) bond motifs is 4. The monoisotopic (exact) mass is 568 g/mol. The lowest BCUT2D eigenvalue weighted by molar-refractivity contribution is 0.669. The molecule has 42 heavy (non-hydrogen) atoms. The molecule has 0 spiro atoms. The average Bonchev–Trinajstić information content (AvgIpc) is 3.51. The van der Waals surface area contributed by atoms with Gasteiger partial charge in [-0.3, -0.25) is 0 Å². The maximum absolute atomic E-state index is 9.07. The van der Waals surface area contributed by atoms with Crippen molar-refractivity contribution in [2.45, 2.75) is 0 Å². The van der Waals surface area contributed by atoms with E-state index in [0.29, 0.717) is 32.7 Å². The fraction of sp³-hybridized carbons (Fsp3) is 0. The molecule has 0 unspecified atom stereocenters. The van der Waals surface area contributed by atoms with Crippen molar-refractivity contribution < 1.29 is 16.8 Å². The Balaban J connectivity index is 1.42. The Bertz CT molecular complexity index is 2730. The quantitative estimate of drug-likeness (QED) is 0.212. The molecule has 198 valence electrons. The fourth-order valence-electron chi connectivity index (χ4n) is 4.98. The number of aromatic nitrogens is 3. The zero-order chi connectivity index (χ0) is 35.9. The second-order valence-corrected chi connectivity index (χ2v) is 9.98. The third-order valence-corrected chi connectivity index (χ3v) is 7.18. The standard InChI is InChI=1S/C37H22ClN3O/c38-29-19-20-30-33(22-29)42-32-12-6-11-31(34(30)32)37-40-35(26-16-13-25(14-17-26)23-7-2-1-3-8-23)39-36(41-37)28-18-15-24-9-4-5-10-27(24)21-28/h1-22H/i1D,2D,3D,7D,8D,13D,14D,16D,17D. The second kappa shape index (κ2) is 9.95. The number of hydrogen-bond acceptors (Lipinski definition) is 4. The van der Waals surface area contributed by atoms with E-state index in [0.717, 1.165) is 16.2 Å². The van der Waals surface area contributed by atoms with Crippen LogP contribution in [-0.4, -0.2) is 15.0 Å². The van der Waals surface area contributed by atoms with Gasteiger partial charge in [-0.1, -0.05) is 115 Å². The topological polar surface area (TPSA) is 51.8 Å². The Morgan fingerprint density at radius 1 is 0.548 bits per heavy atom. The van der Waals surface area contributed by atoms with Crippen LogP contribution >= 0.6 is 11.6 Å². The summed E-state index contributed by atoms with van der Waals surface area (Å²) < 4.78 is 83.2. The van der Waals surface area contributed by atoms with Crippen molar-refractivity contribution in [3.05, 3.63) is 138 Å². The highest BCUT2D eigenvalue weighted by atomic mass is 35.5. The molecule has 4 nitrogen and oxygen atoms in total. The van der Waals surface area contributed by atoms with Gasteiger partial charge in [-0.05, 0) is 46.2 Å². The number of benzene rings is 6. The predicted octanol–water partition coefficient (Wildman–Crippen LogP) is 10.2. The van der Waals surface area contributed by atoms with Crippen molar-refractivity contribution in [1.29, 1.82) is 0 Å². The van der Waals surface area contributed by atoms with Crippen molar-refractivity contribution >= 4 is 44.3 Å². The highest BCUT2D eigenvalue weighted by molar-refractivity contribution is 6.31. The van der Waals surface area contributed by atoms with E-state index in [4.69, 9.17) is 43.3 Å². The van der Waals surface area contributed by atoms with Crippen LogP contribution in [0.3, 0.4) is 0 Å². The molecule has 5 heteroatoms. The first kappa shape index (κ1) is 16.8. The summed E-state index contributed by atoms with van der Waals surface area (Å²) in [4.78, 5) is 14.3. The second-order valence-electron chi connectivity index (χ2n) is 9.54. The van der Waals surface area contributed by atoms with Gasteiger partial charge >= 0.3 is 0 Å². The van der Waals surface area contributed by atoms with Crippen LogP contribution in [0.5, 0.6) is 0 Å². The van der Waals surface area contributed by atoms with Crippen molar-refractivity contribution in [3.63, 3.8) is 0 Å². The zero-order valence-electron chi connectivity index (χ0n) is 30.6. The van der Waals surface area contributed by atoms with E-state index in [2.05, 4.69) is 0 Å². The van der Waals surface area contributed by atoms with Gasteiger partial charge in [0.15, 0.2) is 17.5 Å². The molecule has 0 radical (unpaired) electrons. The number of rotatable bonds is 4. The van der Waals surface area contributed by atoms with Gasteiger partial charge in [-0.25, -0.2) is 15.0 Å². The van der Waals surface area contributed by atoms with Crippen LogP contribution in [0.4, 0.5) is 0 Å². The Morgan fingerprint density at radius 2 is 1.26 bits per heavy atom. The fourth-order valence-corrected chi connectivity index (χ4v) is 5.14. The maximum atomic E-state index is 9.07. The van der Waals surface area contributed by atoms with Gasteiger partial charge in [0.2, 0.25) is 0 Å². The molecule has 8 rings (SSSR count). The van der Waals surface area contributed by atoms with Crippen molar-refractivity contribution in [2.24, 2.45) is 0 Å². The average molecular weight is 569 g/mol. The molecule has 0 aliphatic rings. The maximum Gasteiger partial charge on any atom is 0.164 e. The molecule has 0 amide bonds. The molecule has 6 aromatic carbocycles. The summed E-state index contributed by atoms with van der Waals surface area (Å²) in [6.45, 7) is 0. The highest BCUT2D eigenvalue weighted by Gasteiger charge is 2.18. The minimum atomic E-state index is -0.655. The Labute approximate surface area is 259 Å². The zero-order valence-corrected chi connectivity index (χ0v) is 22.4. The first-order valence-corrected chi connectivity index (χ1v) is 13.4. The Hall–Kier alpha value is -5.32. The largest absolute Gasteiger partial charge is 0.456 e. The molecule has 0 saturated carbocycles. The minimum Gasteiger partial charge on any atom is -0.456 e. The summed E-state index contributed by atoms with van der Waals surface area (Å²) >= 11 is 6.26. The van der Waals surface area contributed by atoms with E-state index in [1.165, 1.54) is 0 Å². The van der Waals surface area contributed by atoms with E-state index in [-0.39, 0.29) is 23.0 Å². The number of furan rings is 1. The molecular formula is C37H22ClN3O. The van der Waals surface area contributed by atoms with Gasteiger partial charge in [0.05, 0.1) is 12.3 Å². The van der Waals surface area contributed by atoms with Gasteiger partial charge in [0.1, 0.15) is 11.2 Å². The number of hydrogen-bond donors (Lipinski definition) is 0. The molecule has 2 heterocycles. The van der Waals surface area contributed by atoms with Gasteiger partial charge in [0, 0.05) is 38.6 Å². The highest BCUT2D eigenvalue weighted by Crippen LogP contribution is 2.37. The Morgan fingerprint density at radius 3 is 2.10 bits per heavy atom. The molecule has 0 aliphatic heterocycles. The molecule has 0 bridgehead atoms. The summed E-state index contributed by atoms with van der Waals surface area (Å²) in [6.07, 6.45) is 0. The Kier molecular flexibility index (Phi) is 3.99. The van der Waals surface area contributed by atoms with Gasteiger partial charge in [-0.15, -0.1) is 0 Å². The molecule has 8 aromatic rings. The molecular weight excluding hydrogens is 538 g/mol. The van der Waals surface area contributed by atoms with Crippen LogP contribution in [0.1, 0.15) is 12.3 Å². The molecule has 2 aromatic heterocycles. The van der Waals surface area contributed by atoms with Crippen LogP contribution in [0.25, 0.3) is 78.0 Å². The van der Waals surface area contributed by atoms with Crippen LogP contribution in [0, 0.1) is 0 Å². The smallest absolute Gasteiger partial charge is 0.164 e. The van der Waals surface area contributed by atoms with Crippen LogP contribution in [-0.2, 0) is 0 Å². The molecule has 0 atom stereocenters. The van der Waals surface area contributed by atoms with Crippen molar-refractivity contribution in [2.75, 3.05) is 0 Å². The lowest BCUT2D eigenvalue weighted by atomic mass is 10.0. The third-order valence-electron chi connectivity index (χ3n) is 6.94. The predicted molar refractivity (Wildman–Crippen MR) is 171 cm³/mol. The van der Waals surface area contributed by atoms with Gasteiger partial charge < -0.3 is 4.42 Å². The van der Waals surface area contributed by atoms with Gasteiger partial charge in [0.25, 0.3) is 0 Å². The molecule has 0 fully saturated rings. The number of halogens is 1. The van der Waals surface area contributed by atoms with E-state index >= 15 is 0 Å². The summed E-state index contributed by atoms with van der Waals surface area (Å²) in [7, 11) is 0.